The van der Waals surface area contributed by atoms with Crippen LogP contribution in [0.15, 0.2) is 0 Å². The number of nitrogens with one attached hydrogen (secondary N) is 2. The zero-order valence-electron chi connectivity index (χ0n) is 8.31. The summed E-state index contributed by atoms with van der Waals surface area (Å²) in [5, 5.41) is 5.92. The van der Waals surface area contributed by atoms with Crippen molar-refractivity contribution < 1.29 is 4.79 Å². The summed E-state index contributed by atoms with van der Waals surface area (Å²) in [6.07, 6.45) is 2.83. The van der Waals surface area contributed by atoms with Gasteiger partial charge in [0.2, 0.25) is 5.91 Å². The van der Waals surface area contributed by atoms with E-state index >= 15 is 0 Å². The molecule has 0 saturated carbocycles. The third kappa shape index (κ3) is 5.13. The molecule has 0 fully saturated rings. The van der Waals surface area contributed by atoms with Gasteiger partial charge in [0.25, 0.3) is 0 Å². The van der Waals surface area contributed by atoms with Gasteiger partial charge in [0.05, 0.1) is 0 Å². The molecule has 0 bridgehead atoms. The molecule has 1 amide bonds. The van der Waals surface area contributed by atoms with E-state index in [1.807, 2.05) is 0 Å². The second-order valence-corrected chi connectivity index (χ2v) is 2.89. The number of amides is 1. The number of carbonyl (C=O) groups excluding carboxylic acids is 1. The first kappa shape index (κ1) is 11.4. The summed E-state index contributed by atoms with van der Waals surface area (Å²) in [5.41, 5.74) is 0. The third-order valence-corrected chi connectivity index (χ3v) is 2.05. The summed E-state index contributed by atoms with van der Waals surface area (Å²) >= 11 is 0. The van der Waals surface area contributed by atoms with Gasteiger partial charge in [-0.15, -0.1) is 0 Å². The summed E-state index contributed by atoms with van der Waals surface area (Å²) in [5.74, 6) is 0.105. The van der Waals surface area contributed by atoms with Crippen LogP contribution in [0.2, 0.25) is 0 Å². The summed E-state index contributed by atoms with van der Waals surface area (Å²) in [6, 6.07) is 0.564. The molecule has 12 heavy (non-hydrogen) atoms. The van der Waals surface area contributed by atoms with E-state index in [-0.39, 0.29) is 5.91 Å². The maximum Gasteiger partial charge on any atom is 0.221 e. The van der Waals surface area contributed by atoms with Crippen molar-refractivity contribution >= 4 is 5.91 Å². The van der Waals surface area contributed by atoms with Crippen molar-refractivity contribution in [3.05, 3.63) is 0 Å². The lowest BCUT2D eigenvalue weighted by molar-refractivity contribution is -0.120. The Morgan fingerprint density at radius 3 is 2.33 bits per heavy atom. The van der Waals surface area contributed by atoms with Gasteiger partial charge in [0, 0.05) is 26.1 Å². The van der Waals surface area contributed by atoms with Gasteiger partial charge in [-0.2, -0.15) is 0 Å². The van der Waals surface area contributed by atoms with E-state index in [9.17, 15) is 4.79 Å². The molecule has 0 saturated heterocycles. The molecule has 0 aromatic heterocycles. The minimum atomic E-state index is 0.105. The zero-order chi connectivity index (χ0) is 9.40. The molecule has 0 heterocycles. The van der Waals surface area contributed by atoms with Crippen LogP contribution in [-0.2, 0) is 4.79 Å². The SMILES string of the molecule is CCC(CC)NCCC(=O)NC. The van der Waals surface area contributed by atoms with Crippen molar-refractivity contribution in [2.75, 3.05) is 13.6 Å². The van der Waals surface area contributed by atoms with Crippen LogP contribution in [0, 0.1) is 0 Å². The van der Waals surface area contributed by atoms with Crippen LogP contribution in [0.25, 0.3) is 0 Å². The molecule has 0 rings (SSSR count). The molecular weight excluding hydrogens is 152 g/mol. The minimum Gasteiger partial charge on any atom is -0.359 e. The lowest BCUT2D eigenvalue weighted by Gasteiger charge is -2.13. The van der Waals surface area contributed by atoms with Crippen molar-refractivity contribution in [2.24, 2.45) is 0 Å². The van der Waals surface area contributed by atoms with E-state index < -0.39 is 0 Å². The minimum absolute atomic E-state index is 0.105. The van der Waals surface area contributed by atoms with Crippen LogP contribution >= 0.6 is 0 Å². The van der Waals surface area contributed by atoms with Gasteiger partial charge < -0.3 is 10.6 Å². The van der Waals surface area contributed by atoms with Gasteiger partial charge in [-0.25, -0.2) is 0 Å². The maximum absolute atomic E-state index is 10.8. The van der Waals surface area contributed by atoms with Gasteiger partial charge in [-0.1, -0.05) is 13.8 Å². The van der Waals surface area contributed by atoms with Crippen molar-refractivity contribution in [1.29, 1.82) is 0 Å². The first-order valence-electron chi connectivity index (χ1n) is 4.68. The number of hydrogen-bond acceptors (Lipinski definition) is 2. The highest BCUT2D eigenvalue weighted by Gasteiger charge is 2.02. The predicted molar refractivity (Wildman–Crippen MR) is 51.1 cm³/mol. The summed E-state index contributed by atoms with van der Waals surface area (Å²) in [4.78, 5) is 10.8. The second-order valence-electron chi connectivity index (χ2n) is 2.89. The number of hydrogen-bond donors (Lipinski definition) is 2. The monoisotopic (exact) mass is 172 g/mol. The molecule has 2 N–H and O–H groups in total. The van der Waals surface area contributed by atoms with Gasteiger partial charge in [-0.05, 0) is 12.8 Å². The lowest BCUT2D eigenvalue weighted by Crippen LogP contribution is -2.31. The molecular formula is C9H20N2O. The Balaban J connectivity index is 3.34. The molecule has 0 unspecified atom stereocenters. The van der Waals surface area contributed by atoms with Crippen LogP contribution in [0.1, 0.15) is 33.1 Å². The Morgan fingerprint density at radius 2 is 1.92 bits per heavy atom. The maximum atomic E-state index is 10.8. The second kappa shape index (κ2) is 7.10. The van der Waals surface area contributed by atoms with Crippen molar-refractivity contribution in [2.45, 2.75) is 39.2 Å². The fourth-order valence-electron chi connectivity index (χ4n) is 1.09. The Bertz CT molecular complexity index is 122. The number of rotatable bonds is 6. The van der Waals surface area contributed by atoms with Crippen LogP contribution in [0.3, 0.4) is 0 Å². The average Bonchev–Trinajstić information content (AvgIpc) is 2.12. The highest BCUT2D eigenvalue weighted by Crippen LogP contribution is 1.95. The molecule has 0 spiro atoms. The lowest BCUT2D eigenvalue weighted by atomic mass is 10.2. The summed E-state index contributed by atoms with van der Waals surface area (Å²) < 4.78 is 0. The highest BCUT2D eigenvalue weighted by molar-refractivity contribution is 5.75. The first-order valence-corrected chi connectivity index (χ1v) is 4.68. The molecule has 0 atom stereocenters. The van der Waals surface area contributed by atoms with Crippen molar-refractivity contribution in [1.82, 2.24) is 10.6 Å². The Morgan fingerprint density at radius 1 is 1.33 bits per heavy atom. The molecule has 0 aromatic carbocycles. The number of carbonyl (C=O) groups is 1. The van der Waals surface area contributed by atoms with Gasteiger partial charge in [-0.3, -0.25) is 4.79 Å². The Hall–Kier alpha value is -0.570. The highest BCUT2D eigenvalue weighted by atomic mass is 16.1. The van der Waals surface area contributed by atoms with Crippen LogP contribution < -0.4 is 10.6 Å². The average molecular weight is 172 g/mol. The Kier molecular flexibility index (Phi) is 6.76. The van der Waals surface area contributed by atoms with Gasteiger partial charge in [0.1, 0.15) is 0 Å². The van der Waals surface area contributed by atoms with E-state index in [2.05, 4.69) is 24.5 Å². The standard InChI is InChI=1S/C9H20N2O/c1-4-8(5-2)11-7-6-9(12)10-3/h8,11H,4-7H2,1-3H3,(H,10,12). The quantitative estimate of drug-likeness (QED) is 0.625. The largest absolute Gasteiger partial charge is 0.359 e. The molecule has 3 heteroatoms. The third-order valence-electron chi connectivity index (χ3n) is 2.05. The van der Waals surface area contributed by atoms with Crippen molar-refractivity contribution in [3.8, 4) is 0 Å². The van der Waals surface area contributed by atoms with Gasteiger partial charge >= 0.3 is 0 Å². The smallest absolute Gasteiger partial charge is 0.221 e. The topological polar surface area (TPSA) is 41.1 Å². The van der Waals surface area contributed by atoms with Gasteiger partial charge in [0.15, 0.2) is 0 Å². The van der Waals surface area contributed by atoms with E-state index in [4.69, 9.17) is 0 Å². The summed E-state index contributed by atoms with van der Waals surface area (Å²) in [7, 11) is 1.67. The Labute approximate surface area is 74.9 Å². The van der Waals surface area contributed by atoms with Crippen LogP contribution in [0.5, 0.6) is 0 Å². The molecule has 0 aliphatic rings. The summed E-state index contributed by atoms with van der Waals surface area (Å²) in [6.45, 7) is 5.09. The van der Waals surface area contributed by atoms with E-state index in [1.54, 1.807) is 7.05 Å². The normalized spacial score (nSPS) is 10.3. The fraction of sp³-hybridized carbons (Fsp3) is 0.889. The van der Waals surface area contributed by atoms with Crippen LogP contribution in [-0.4, -0.2) is 25.5 Å². The van der Waals surface area contributed by atoms with E-state index in [1.165, 1.54) is 0 Å². The molecule has 0 aliphatic heterocycles. The molecule has 0 radical (unpaired) electrons. The van der Waals surface area contributed by atoms with E-state index in [0.29, 0.717) is 12.5 Å². The predicted octanol–water partition coefficient (Wildman–Crippen LogP) is 0.901. The molecule has 0 aliphatic carbocycles. The first-order chi connectivity index (χ1) is 5.74. The fourth-order valence-corrected chi connectivity index (χ4v) is 1.09. The van der Waals surface area contributed by atoms with E-state index in [0.717, 1.165) is 19.4 Å². The molecule has 3 nitrogen and oxygen atoms in total. The zero-order valence-corrected chi connectivity index (χ0v) is 8.31. The molecule has 72 valence electrons. The molecule has 0 aromatic rings. The van der Waals surface area contributed by atoms with Crippen LogP contribution in [0.4, 0.5) is 0 Å². The van der Waals surface area contributed by atoms with Crippen molar-refractivity contribution in [3.63, 3.8) is 0 Å².